The van der Waals surface area contributed by atoms with E-state index in [0.717, 1.165) is 11.1 Å². The molecule has 11 nitrogen and oxygen atoms in total. The number of aromatic nitrogens is 2. The van der Waals surface area contributed by atoms with Crippen molar-refractivity contribution in [3.63, 3.8) is 0 Å². The first-order valence-electron chi connectivity index (χ1n) is 6.38. The Bertz CT molecular complexity index is 672. The molecule has 0 aliphatic rings. The zero-order chi connectivity index (χ0) is 18.9. The van der Waals surface area contributed by atoms with Gasteiger partial charge in [0.2, 0.25) is 0 Å². The number of carbonyl (C=O) groups is 3. The molecule has 0 radical (unpaired) electrons. The lowest BCUT2D eigenvalue weighted by Gasteiger charge is -2.13. The van der Waals surface area contributed by atoms with Gasteiger partial charge in [-0.2, -0.15) is 0 Å². The number of nitrogens with zero attached hydrogens (tertiary/aromatic N) is 2. The summed E-state index contributed by atoms with van der Waals surface area (Å²) in [5.41, 5.74) is -0.167. The fraction of sp³-hybridized carbons (Fsp3) is 0.385. The van der Waals surface area contributed by atoms with Crippen LogP contribution < -0.4 is 11.4 Å². The number of hydrogen-bond donors (Lipinski definition) is 2. The fourth-order valence-electron chi connectivity index (χ4n) is 1.28. The highest BCUT2D eigenvalue weighted by molar-refractivity contribution is 5.95. The number of esters is 3. The molecule has 1 rings (SSSR count). The van der Waals surface area contributed by atoms with Gasteiger partial charge >= 0.3 is 17.9 Å². The van der Waals surface area contributed by atoms with E-state index in [0.29, 0.717) is 0 Å². The fourth-order valence-corrected chi connectivity index (χ4v) is 1.28. The number of nitrogens with two attached hydrogens (primary N) is 1. The molecule has 0 bridgehead atoms. The first-order chi connectivity index (χ1) is 11.2. The molecule has 0 unspecified atom stereocenters. The van der Waals surface area contributed by atoms with Crippen molar-refractivity contribution in [3.05, 3.63) is 33.9 Å². The van der Waals surface area contributed by atoms with Gasteiger partial charge in [-0.1, -0.05) is 0 Å². The smallest absolute Gasteiger partial charge is 0.356 e. The Labute approximate surface area is 137 Å². The molecule has 134 valence electrons. The summed E-state index contributed by atoms with van der Waals surface area (Å²) >= 11 is 0. The lowest BCUT2D eigenvalue weighted by atomic mass is 10.4. The minimum Gasteiger partial charge on any atom is -0.466 e. The van der Waals surface area contributed by atoms with Gasteiger partial charge in [-0.05, 0) is 0 Å². The quantitative estimate of drug-likeness (QED) is 0.219. The van der Waals surface area contributed by atoms with Crippen molar-refractivity contribution in [2.75, 3.05) is 28.4 Å². The van der Waals surface area contributed by atoms with Crippen LogP contribution >= 0.6 is 0 Å². The van der Waals surface area contributed by atoms with Crippen molar-refractivity contribution in [1.29, 1.82) is 0 Å². The molecule has 0 saturated heterocycles. The average molecular weight is 344 g/mol. The lowest BCUT2D eigenvalue weighted by Crippen LogP contribution is -2.31. The highest BCUT2D eigenvalue weighted by Crippen LogP contribution is 1.99. The van der Waals surface area contributed by atoms with Crippen LogP contribution in [0.25, 0.3) is 0 Å². The number of hydrazine groups is 1. The third-order valence-corrected chi connectivity index (χ3v) is 2.52. The van der Waals surface area contributed by atoms with E-state index in [4.69, 9.17) is 5.84 Å². The zero-order valence-electron chi connectivity index (χ0n) is 14.0. The van der Waals surface area contributed by atoms with Gasteiger partial charge in [0.05, 0.1) is 27.4 Å². The molecular formula is C13H20N4O7. The highest BCUT2D eigenvalue weighted by Gasteiger charge is 2.14. The SMILES string of the molecule is COC(=O)/C=C(\C(=O)OC)N(C)N.COC(=O)c1cc(=O)n(C)[nH]1. The minimum atomic E-state index is -0.699. The van der Waals surface area contributed by atoms with Gasteiger partial charge in [0, 0.05) is 20.2 Å². The van der Waals surface area contributed by atoms with Crippen LogP contribution in [-0.4, -0.2) is 61.1 Å². The standard InChI is InChI=1S/C7H12N2O4.C6H8N2O3/c1-9(8)5(7(11)13-3)4-6(10)12-2;1-8-5(9)3-4(7-8)6(10)11-2/h4H,8H2,1-3H3;3,7H,1-2H3/b5-4+;. The molecule has 1 aromatic heterocycles. The number of aromatic amines is 1. The molecule has 3 N–H and O–H groups in total. The number of nitrogens with one attached hydrogen (secondary N) is 1. The van der Waals surface area contributed by atoms with Crippen molar-refractivity contribution >= 4 is 17.9 Å². The predicted molar refractivity (Wildman–Crippen MR) is 81.4 cm³/mol. The van der Waals surface area contributed by atoms with Crippen LogP contribution in [0.3, 0.4) is 0 Å². The van der Waals surface area contributed by atoms with Crippen LogP contribution in [0.5, 0.6) is 0 Å². The number of hydrogen-bond acceptors (Lipinski definition) is 9. The van der Waals surface area contributed by atoms with E-state index in [1.165, 1.54) is 46.2 Å². The maximum atomic E-state index is 11.0. The van der Waals surface area contributed by atoms with E-state index in [1.807, 2.05) is 0 Å². The van der Waals surface area contributed by atoms with Crippen molar-refractivity contribution in [1.82, 2.24) is 14.8 Å². The normalized spacial score (nSPS) is 10.2. The van der Waals surface area contributed by atoms with E-state index in [9.17, 15) is 19.2 Å². The highest BCUT2D eigenvalue weighted by atomic mass is 16.5. The van der Waals surface area contributed by atoms with Gasteiger partial charge in [0.15, 0.2) is 0 Å². The first-order valence-corrected chi connectivity index (χ1v) is 6.38. The Kier molecular flexibility index (Phi) is 8.58. The Morgan fingerprint density at radius 3 is 2.12 bits per heavy atom. The van der Waals surface area contributed by atoms with Crippen LogP contribution in [0.2, 0.25) is 0 Å². The summed E-state index contributed by atoms with van der Waals surface area (Å²) in [5.74, 6) is 3.37. The molecule has 1 aromatic rings. The molecule has 0 fully saturated rings. The van der Waals surface area contributed by atoms with Crippen LogP contribution in [0.15, 0.2) is 22.6 Å². The molecular weight excluding hydrogens is 324 g/mol. The third-order valence-electron chi connectivity index (χ3n) is 2.52. The predicted octanol–water partition coefficient (Wildman–Crippen LogP) is -1.48. The zero-order valence-corrected chi connectivity index (χ0v) is 14.0. The van der Waals surface area contributed by atoms with Gasteiger partial charge in [-0.3, -0.25) is 14.6 Å². The van der Waals surface area contributed by atoms with Gasteiger partial charge in [0.25, 0.3) is 5.56 Å². The summed E-state index contributed by atoms with van der Waals surface area (Å²) in [4.78, 5) is 43.3. The van der Waals surface area contributed by atoms with Gasteiger partial charge < -0.3 is 19.2 Å². The second-order valence-corrected chi connectivity index (χ2v) is 4.21. The monoisotopic (exact) mass is 344 g/mol. The summed E-state index contributed by atoms with van der Waals surface area (Å²) in [6.45, 7) is 0. The number of aryl methyl sites for hydroxylation is 1. The van der Waals surface area contributed by atoms with E-state index >= 15 is 0 Å². The molecule has 1 heterocycles. The second kappa shape index (κ2) is 9.84. The summed E-state index contributed by atoms with van der Waals surface area (Å²) in [6.07, 6.45) is 0.950. The number of H-pyrrole nitrogens is 1. The van der Waals surface area contributed by atoms with E-state index in [-0.39, 0.29) is 17.0 Å². The van der Waals surface area contributed by atoms with Crippen LogP contribution in [0.1, 0.15) is 10.5 Å². The maximum Gasteiger partial charge on any atom is 0.356 e. The number of carbonyl (C=O) groups excluding carboxylic acids is 3. The Morgan fingerprint density at radius 1 is 1.21 bits per heavy atom. The van der Waals surface area contributed by atoms with Crippen molar-refractivity contribution in [2.24, 2.45) is 12.9 Å². The molecule has 24 heavy (non-hydrogen) atoms. The number of rotatable bonds is 4. The van der Waals surface area contributed by atoms with Gasteiger partial charge in [0.1, 0.15) is 11.4 Å². The topological polar surface area (TPSA) is 146 Å². The van der Waals surface area contributed by atoms with E-state index in [2.05, 4.69) is 19.3 Å². The Morgan fingerprint density at radius 2 is 1.79 bits per heavy atom. The minimum absolute atomic E-state index is 0.0747. The summed E-state index contributed by atoms with van der Waals surface area (Å²) < 4.78 is 14.3. The van der Waals surface area contributed by atoms with Crippen LogP contribution in [0.4, 0.5) is 0 Å². The van der Waals surface area contributed by atoms with Gasteiger partial charge in [-0.25, -0.2) is 20.2 Å². The van der Waals surface area contributed by atoms with Gasteiger partial charge in [-0.15, -0.1) is 0 Å². The third kappa shape index (κ3) is 6.36. The average Bonchev–Trinajstić information content (AvgIpc) is 2.90. The molecule has 0 saturated carbocycles. The Hall–Kier alpha value is -3.08. The molecule has 0 aromatic carbocycles. The molecule has 0 atom stereocenters. The molecule has 0 aliphatic heterocycles. The van der Waals surface area contributed by atoms with Crippen molar-refractivity contribution in [2.45, 2.75) is 0 Å². The van der Waals surface area contributed by atoms with Crippen LogP contribution in [-0.2, 0) is 30.8 Å². The second-order valence-electron chi connectivity index (χ2n) is 4.21. The lowest BCUT2D eigenvalue weighted by molar-refractivity contribution is -0.139. The number of likely N-dealkylation sites (N-methyl/N-ethyl adjacent to an activating group) is 1. The number of ether oxygens (including phenoxy) is 3. The summed E-state index contributed by atoms with van der Waals surface area (Å²) in [6, 6.07) is 1.19. The van der Waals surface area contributed by atoms with E-state index < -0.39 is 17.9 Å². The van der Waals surface area contributed by atoms with Crippen molar-refractivity contribution in [3.8, 4) is 0 Å². The molecule has 0 aliphatic carbocycles. The largest absolute Gasteiger partial charge is 0.466 e. The maximum absolute atomic E-state index is 11.0. The molecule has 0 spiro atoms. The molecule has 11 heteroatoms. The summed E-state index contributed by atoms with van der Waals surface area (Å²) in [5, 5.41) is 3.50. The first kappa shape index (κ1) is 20.9. The van der Waals surface area contributed by atoms with Crippen LogP contribution in [0, 0.1) is 0 Å². The summed E-state index contributed by atoms with van der Waals surface area (Å²) in [7, 11) is 6.58. The van der Waals surface area contributed by atoms with E-state index in [1.54, 1.807) is 0 Å². The van der Waals surface area contributed by atoms with Crippen molar-refractivity contribution < 1.29 is 28.6 Å². The molecule has 0 amide bonds. The Balaban J connectivity index is 0.000000446. The number of methoxy groups -OCH3 is 3.